The molecule has 1 aromatic rings. The van der Waals surface area contributed by atoms with E-state index in [1.54, 1.807) is 4.90 Å². The van der Waals surface area contributed by atoms with E-state index in [1.807, 2.05) is 35.2 Å². The molecule has 3 aliphatic rings. The topological polar surface area (TPSA) is 49.9 Å². The highest BCUT2D eigenvalue weighted by Gasteiger charge is 2.49. The van der Waals surface area contributed by atoms with Gasteiger partial charge in [0.15, 0.2) is 0 Å². The SMILES string of the molecule is O=C1C[C@H]2[C@H](CCN2C(=O)OC2CCCC2)N1Cc1ccccc1. The Labute approximate surface area is 142 Å². The van der Waals surface area contributed by atoms with Gasteiger partial charge in [-0.25, -0.2) is 4.79 Å². The van der Waals surface area contributed by atoms with Crippen LogP contribution in [0.1, 0.15) is 44.1 Å². The number of rotatable bonds is 3. The first kappa shape index (κ1) is 15.5. The summed E-state index contributed by atoms with van der Waals surface area (Å²) >= 11 is 0. The molecule has 0 aromatic heterocycles. The second-order valence-corrected chi connectivity index (χ2v) is 7.12. The van der Waals surface area contributed by atoms with Gasteiger partial charge in [0.05, 0.1) is 12.1 Å². The van der Waals surface area contributed by atoms with Crippen LogP contribution in [0, 0.1) is 0 Å². The summed E-state index contributed by atoms with van der Waals surface area (Å²) in [6.45, 7) is 1.33. The molecule has 2 heterocycles. The van der Waals surface area contributed by atoms with E-state index in [-0.39, 0.29) is 30.2 Å². The lowest BCUT2D eigenvalue weighted by molar-refractivity contribution is -0.129. The van der Waals surface area contributed by atoms with Crippen molar-refractivity contribution in [2.75, 3.05) is 6.54 Å². The molecule has 5 heteroatoms. The molecule has 4 rings (SSSR count). The van der Waals surface area contributed by atoms with Gasteiger partial charge in [-0.15, -0.1) is 0 Å². The maximum atomic E-state index is 12.5. The minimum Gasteiger partial charge on any atom is -0.446 e. The molecular formula is C19H24N2O3. The maximum Gasteiger partial charge on any atom is 0.410 e. The molecule has 0 N–H and O–H groups in total. The van der Waals surface area contributed by atoms with Crippen LogP contribution in [0.15, 0.2) is 30.3 Å². The standard InChI is InChI=1S/C19H24N2O3/c22-18-12-17-16(21(18)13-14-6-2-1-3-7-14)10-11-20(17)19(23)24-15-8-4-5-9-15/h1-3,6-7,15-17H,4-5,8-13H2/t16-,17-/m0/s1. The van der Waals surface area contributed by atoms with Crippen molar-refractivity contribution in [1.29, 1.82) is 0 Å². The molecule has 2 saturated heterocycles. The smallest absolute Gasteiger partial charge is 0.410 e. The lowest BCUT2D eigenvalue weighted by Crippen LogP contribution is -2.40. The van der Waals surface area contributed by atoms with Crippen LogP contribution in [-0.4, -0.2) is 46.5 Å². The quantitative estimate of drug-likeness (QED) is 0.857. The number of hydrogen-bond acceptors (Lipinski definition) is 3. The van der Waals surface area contributed by atoms with Crippen LogP contribution in [0.3, 0.4) is 0 Å². The molecule has 3 fully saturated rings. The minimum atomic E-state index is -0.219. The second kappa shape index (κ2) is 6.46. The zero-order valence-corrected chi connectivity index (χ0v) is 13.9. The van der Waals surface area contributed by atoms with Crippen molar-refractivity contribution in [2.24, 2.45) is 0 Å². The first-order chi connectivity index (χ1) is 11.7. The normalized spacial score (nSPS) is 26.9. The summed E-state index contributed by atoms with van der Waals surface area (Å²) < 4.78 is 5.65. The van der Waals surface area contributed by atoms with Crippen molar-refractivity contribution in [3.63, 3.8) is 0 Å². The Morgan fingerprint density at radius 2 is 1.83 bits per heavy atom. The molecule has 2 amide bonds. The van der Waals surface area contributed by atoms with Crippen LogP contribution in [0.25, 0.3) is 0 Å². The number of carbonyl (C=O) groups excluding carboxylic acids is 2. The number of carbonyl (C=O) groups is 2. The summed E-state index contributed by atoms with van der Waals surface area (Å²) in [7, 11) is 0. The Morgan fingerprint density at radius 1 is 1.08 bits per heavy atom. The molecule has 0 bridgehead atoms. The monoisotopic (exact) mass is 328 g/mol. The van der Waals surface area contributed by atoms with Gasteiger partial charge in [-0.2, -0.15) is 0 Å². The Kier molecular flexibility index (Phi) is 4.17. The fraction of sp³-hybridized carbons (Fsp3) is 0.579. The van der Waals surface area contributed by atoms with Gasteiger partial charge in [0.25, 0.3) is 0 Å². The van der Waals surface area contributed by atoms with Crippen LogP contribution in [-0.2, 0) is 16.1 Å². The van der Waals surface area contributed by atoms with Gasteiger partial charge in [0.2, 0.25) is 5.91 Å². The van der Waals surface area contributed by atoms with Crippen molar-refractivity contribution in [2.45, 2.75) is 63.3 Å². The number of hydrogen-bond donors (Lipinski definition) is 0. The lowest BCUT2D eigenvalue weighted by Gasteiger charge is -2.26. The molecule has 0 unspecified atom stereocenters. The number of fused-ring (bicyclic) bond motifs is 1. The van der Waals surface area contributed by atoms with Gasteiger partial charge in [0.1, 0.15) is 6.10 Å². The minimum absolute atomic E-state index is 0.0184. The van der Waals surface area contributed by atoms with Crippen LogP contribution >= 0.6 is 0 Å². The Balaban J connectivity index is 1.42. The molecule has 24 heavy (non-hydrogen) atoms. The van der Waals surface area contributed by atoms with E-state index in [9.17, 15) is 9.59 Å². The molecule has 1 saturated carbocycles. The summed E-state index contributed by atoms with van der Waals surface area (Å²) in [5.41, 5.74) is 1.14. The van der Waals surface area contributed by atoms with E-state index in [4.69, 9.17) is 4.74 Å². The van der Waals surface area contributed by atoms with Gasteiger partial charge in [-0.1, -0.05) is 30.3 Å². The highest BCUT2D eigenvalue weighted by Crippen LogP contribution is 2.34. The van der Waals surface area contributed by atoms with Gasteiger partial charge < -0.3 is 14.5 Å². The predicted molar refractivity (Wildman–Crippen MR) is 89.2 cm³/mol. The van der Waals surface area contributed by atoms with Crippen LogP contribution in [0.2, 0.25) is 0 Å². The average Bonchev–Trinajstić information content (AvgIpc) is 3.28. The number of ether oxygens (including phenoxy) is 1. The zero-order valence-electron chi connectivity index (χ0n) is 13.9. The average molecular weight is 328 g/mol. The fourth-order valence-electron chi connectivity index (χ4n) is 4.36. The van der Waals surface area contributed by atoms with Crippen LogP contribution in [0.5, 0.6) is 0 Å². The molecule has 0 radical (unpaired) electrons. The highest BCUT2D eigenvalue weighted by atomic mass is 16.6. The Bertz CT molecular complexity index is 612. The molecular weight excluding hydrogens is 304 g/mol. The Hall–Kier alpha value is -2.04. The third kappa shape index (κ3) is 2.87. The molecule has 2 atom stereocenters. The van der Waals surface area contributed by atoms with Gasteiger partial charge in [-0.3, -0.25) is 4.79 Å². The van der Waals surface area contributed by atoms with Gasteiger partial charge in [-0.05, 0) is 37.7 Å². The summed E-state index contributed by atoms with van der Waals surface area (Å²) in [4.78, 5) is 28.7. The zero-order chi connectivity index (χ0) is 16.5. The summed E-state index contributed by atoms with van der Waals surface area (Å²) in [6, 6.07) is 10.2. The number of amides is 2. The van der Waals surface area contributed by atoms with Crippen molar-refractivity contribution < 1.29 is 14.3 Å². The van der Waals surface area contributed by atoms with E-state index >= 15 is 0 Å². The molecule has 1 aromatic carbocycles. The largest absolute Gasteiger partial charge is 0.446 e. The fourth-order valence-corrected chi connectivity index (χ4v) is 4.36. The number of benzene rings is 1. The summed E-state index contributed by atoms with van der Waals surface area (Å²) in [5, 5.41) is 0. The van der Waals surface area contributed by atoms with E-state index in [2.05, 4.69) is 0 Å². The number of nitrogens with zero attached hydrogens (tertiary/aromatic N) is 2. The highest BCUT2D eigenvalue weighted by molar-refractivity contribution is 5.82. The van der Waals surface area contributed by atoms with Crippen LogP contribution < -0.4 is 0 Å². The molecule has 128 valence electrons. The predicted octanol–water partition coefficient (Wildman–Crippen LogP) is 2.94. The van der Waals surface area contributed by atoms with Crippen molar-refractivity contribution in [1.82, 2.24) is 9.80 Å². The number of likely N-dealkylation sites (tertiary alicyclic amines) is 2. The van der Waals surface area contributed by atoms with E-state index in [1.165, 1.54) is 0 Å². The molecule has 1 aliphatic carbocycles. The first-order valence-electron chi connectivity index (χ1n) is 9.03. The summed E-state index contributed by atoms with van der Waals surface area (Å²) in [5.74, 6) is 0.146. The van der Waals surface area contributed by atoms with E-state index < -0.39 is 0 Å². The first-order valence-corrected chi connectivity index (χ1v) is 9.03. The van der Waals surface area contributed by atoms with Crippen molar-refractivity contribution >= 4 is 12.0 Å². The Morgan fingerprint density at radius 3 is 2.58 bits per heavy atom. The molecule has 5 nitrogen and oxygen atoms in total. The lowest BCUT2D eigenvalue weighted by atomic mass is 10.1. The second-order valence-electron chi connectivity index (χ2n) is 7.12. The third-order valence-electron chi connectivity index (χ3n) is 5.61. The maximum absolute atomic E-state index is 12.5. The van der Waals surface area contributed by atoms with Crippen molar-refractivity contribution in [3.05, 3.63) is 35.9 Å². The van der Waals surface area contributed by atoms with Gasteiger partial charge >= 0.3 is 6.09 Å². The van der Waals surface area contributed by atoms with Gasteiger partial charge in [0, 0.05) is 19.5 Å². The van der Waals surface area contributed by atoms with E-state index in [0.717, 1.165) is 37.7 Å². The van der Waals surface area contributed by atoms with E-state index in [0.29, 0.717) is 19.5 Å². The van der Waals surface area contributed by atoms with Crippen molar-refractivity contribution in [3.8, 4) is 0 Å². The third-order valence-corrected chi connectivity index (χ3v) is 5.61. The molecule has 2 aliphatic heterocycles. The molecule has 0 spiro atoms. The summed E-state index contributed by atoms with van der Waals surface area (Å²) in [6.07, 6.45) is 5.39. The van der Waals surface area contributed by atoms with Crippen LogP contribution in [0.4, 0.5) is 4.79 Å².